The number of fused-ring (bicyclic) bond motifs is 1. The Morgan fingerprint density at radius 2 is 1.91 bits per heavy atom. The molecular formula is C19H29NO2. The highest BCUT2D eigenvalue weighted by Gasteiger charge is 2.26. The maximum atomic E-state index is 12.2. The van der Waals surface area contributed by atoms with Crippen molar-refractivity contribution in [1.82, 2.24) is 5.32 Å². The predicted octanol–water partition coefficient (Wildman–Crippen LogP) is 3.93. The zero-order chi connectivity index (χ0) is 16.3. The molecule has 3 atom stereocenters. The zero-order valence-corrected chi connectivity index (χ0v) is 14.2. The van der Waals surface area contributed by atoms with E-state index in [4.69, 9.17) is 0 Å². The maximum absolute atomic E-state index is 12.2. The molecule has 0 saturated heterocycles. The van der Waals surface area contributed by atoms with Crippen LogP contribution in [0.5, 0.6) is 0 Å². The lowest BCUT2D eigenvalue weighted by Gasteiger charge is -2.30. The van der Waals surface area contributed by atoms with E-state index in [9.17, 15) is 9.90 Å². The van der Waals surface area contributed by atoms with E-state index in [1.165, 1.54) is 11.1 Å². The van der Waals surface area contributed by atoms with E-state index in [1.807, 2.05) is 6.07 Å². The summed E-state index contributed by atoms with van der Waals surface area (Å²) in [6.45, 7) is 8.47. The normalized spacial score (nSPS) is 22.8. The Hall–Kier alpha value is -1.35. The molecule has 1 aliphatic carbocycles. The Kier molecular flexibility index (Phi) is 5.28. The predicted molar refractivity (Wildman–Crippen MR) is 89.7 cm³/mol. The van der Waals surface area contributed by atoms with Gasteiger partial charge in [-0.1, -0.05) is 52.0 Å². The van der Waals surface area contributed by atoms with Gasteiger partial charge in [-0.2, -0.15) is 0 Å². The highest BCUT2D eigenvalue weighted by Crippen LogP contribution is 2.37. The number of amides is 1. The summed E-state index contributed by atoms with van der Waals surface area (Å²) in [5.41, 5.74) is 2.61. The Labute approximate surface area is 134 Å². The van der Waals surface area contributed by atoms with Crippen LogP contribution in [0, 0.1) is 5.41 Å². The van der Waals surface area contributed by atoms with Gasteiger partial charge in [0.2, 0.25) is 5.91 Å². The summed E-state index contributed by atoms with van der Waals surface area (Å²) in [5, 5.41) is 13.2. The zero-order valence-electron chi connectivity index (χ0n) is 14.2. The van der Waals surface area contributed by atoms with Gasteiger partial charge in [-0.15, -0.1) is 0 Å². The molecule has 0 heterocycles. The number of rotatable bonds is 4. The largest absolute Gasteiger partial charge is 0.393 e. The Bertz CT molecular complexity index is 518. The van der Waals surface area contributed by atoms with Crippen molar-refractivity contribution in [2.24, 2.45) is 5.41 Å². The highest BCUT2D eigenvalue weighted by molar-refractivity contribution is 5.77. The molecule has 1 aromatic rings. The first kappa shape index (κ1) is 17.0. The summed E-state index contributed by atoms with van der Waals surface area (Å²) < 4.78 is 0. The summed E-state index contributed by atoms with van der Waals surface area (Å²) in [5.74, 6) is 0.502. The van der Waals surface area contributed by atoms with E-state index < -0.39 is 6.10 Å². The van der Waals surface area contributed by atoms with E-state index in [2.05, 4.69) is 51.2 Å². The van der Waals surface area contributed by atoms with Gasteiger partial charge in [0, 0.05) is 0 Å². The minimum absolute atomic E-state index is 0.0343. The molecule has 3 heteroatoms. The van der Waals surface area contributed by atoms with E-state index in [0.29, 0.717) is 12.3 Å². The van der Waals surface area contributed by atoms with Crippen LogP contribution in [0.4, 0.5) is 0 Å². The van der Waals surface area contributed by atoms with Gasteiger partial charge in [0.25, 0.3) is 0 Å². The molecule has 0 spiro atoms. The van der Waals surface area contributed by atoms with Crippen molar-refractivity contribution < 1.29 is 9.90 Å². The molecule has 0 saturated carbocycles. The van der Waals surface area contributed by atoms with Crippen LogP contribution in [0.25, 0.3) is 0 Å². The molecule has 1 amide bonds. The number of aliphatic hydroxyl groups excluding tert-OH is 1. The van der Waals surface area contributed by atoms with Crippen LogP contribution in [-0.4, -0.2) is 17.1 Å². The lowest BCUT2D eigenvalue weighted by Crippen LogP contribution is -2.34. The fourth-order valence-corrected chi connectivity index (χ4v) is 3.40. The molecule has 2 rings (SSSR count). The average molecular weight is 303 g/mol. The molecule has 22 heavy (non-hydrogen) atoms. The van der Waals surface area contributed by atoms with Gasteiger partial charge < -0.3 is 10.4 Å². The number of carbonyl (C=O) groups excluding carboxylic acids is 1. The number of aliphatic hydroxyl groups is 1. The minimum atomic E-state index is -0.572. The molecule has 0 aromatic heterocycles. The van der Waals surface area contributed by atoms with Crippen LogP contribution in [0.2, 0.25) is 0 Å². The van der Waals surface area contributed by atoms with Gasteiger partial charge in [-0.05, 0) is 41.7 Å². The standard InChI is InChI=1S/C19H29NO2/c1-13-9-10-17(16-8-6-5-7-15(13)16)20-18(22)11-14(21)12-19(2,3)4/h5-8,13-14,17,21H,9-12H2,1-4H3,(H,20,22)/t13-,14+,17-/m1/s1. The number of benzene rings is 1. The molecule has 122 valence electrons. The van der Waals surface area contributed by atoms with Gasteiger partial charge in [0.15, 0.2) is 0 Å². The van der Waals surface area contributed by atoms with E-state index in [0.717, 1.165) is 12.8 Å². The van der Waals surface area contributed by atoms with Crippen molar-refractivity contribution in [3.05, 3.63) is 35.4 Å². The smallest absolute Gasteiger partial charge is 0.223 e. The molecule has 1 aromatic carbocycles. The van der Waals surface area contributed by atoms with E-state index in [-0.39, 0.29) is 23.8 Å². The summed E-state index contributed by atoms with van der Waals surface area (Å²) in [7, 11) is 0. The fourth-order valence-electron chi connectivity index (χ4n) is 3.40. The van der Waals surface area contributed by atoms with Crippen LogP contribution in [0.15, 0.2) is 24.3 Å². The number of nitrogens with one attached hydrogen (secondary N) is 1. The quantitative estimate of drug-likeness (QED) is 0.885. The summed E-state index contributed by atoms with van der Waals surface area (Å²) >= 11 is 0. The summed E-state index contributed by atoms with van der Waals surface area (Å²) in [6.07, 6.45) is 2.31. The molecule has 2 N–H and O–H groups in total. The molecule has 0 radical (unpaired) electrons. The molecular weight excluding hydrogens is 274 g/mol. The van der Waals surface area contributed by atoms with E-state index >= 15 is 0 Å². The first-order valence-corrected chi connectivity index (χ1v) is 8.32. The lowest BCUT2D eigenvalue weighted by molar-refractivity contribution is -0.124. The third-order valence-corrected chi connectivity index (χ3v) is 4.39. The first-order valence-electron chi connectivity index (χ1n) is 8.32. The van der Waals surface area contributed by atoms with Crippen LogP contribution in [0.3, 0.4) is 0 Å². The maximum Gasteiger partial charge on any atom is 0.223 e. The average Bonchev–Trinajstić information content (AvgIpc) is 2.40. The van der Waals surface area contributed by atoms with Crippen LogP contribution < -0.4 is 5.32 Å². The highest BCUT2D eigenvalue weighted by atomic mass is 16.3. The van der Waals surface area contributed by atoms with Crippen molar-refractivity contribution in [1.29, 1.82) is 0 Å². The molecule has 0 fully saturated rings. The Balaban J connectivity index is 1.97. The Morgan fingerprint density at radius 3 is 2.55 bits per heavy atom. The second-order valence-electron chi connectivity index (χ2n) is 7.85. The van der Waals surface area contributed by atoms with Crippen LogP contribution in [-0.2, 0) is 4.79 Å². The van der Waals surface area contributed by atoms with Crippen molar-refractivity contribution >= 4 is 5.91 Å². The molecule has 1 aliphatic rings. The number of hydrogen-bond donors (Lipinski definition) is 2. The summed E-state index contributed by atoms with van der Waals surface area (Å²) in [6, 6.07) is 8.45. The molecule has 0 aliphatic heterocycles. The van der Waals surface area contributed by atoms with Gasteiger partial charge in [-0.3, -0.25) is 4.79 Å². The topological polar surface area (TPSA) is 49.3 Å². The second kappa shape index (κ2) is 6.82. The fraction of sp³-hybridized carbons (Fsp3) is 0.632. The molecule has 0 unspecified atom stereocenters. The van der Waals surface area contributed by atoms with Crippen LogP contribution in [0.1, 0.15) is 76.5 Å². The van der Waals surface area contributed by atoms with Crippen molar-refractivity contribution in [3.8, 4) is 0 Å². The second-order valence-corrected chi connectivity index (χ2v) is 7.85. The number of carbonyl (C=O) groups is 1. The van der Waals surface area contributed by atoms with Crippen molar-refractivity contribution in [3.63, 3.8) is 0 Å². The van der Waals surface area contributed by atoms with Gasteiger partial charge in [0.05, 0.1) is 18.6 Å². The SMILES string of the molecule is C[C@@H]1CC[C@@H](NC(=O)C[C@H](O)CC(C)(C)C)c2ccccc21. The third kappa shape index (κ3) is 4.57. The monoisotopic (exact) mass is 303 g/mol. The number of hydrogen-bond acceptors (Lipinski definition) is 2. The minimum Gasteiger partial charge on any atom is -0.393 e. The Morgan fingerprint density at radius 1 is 1.27 bits per heavy atom. The molecule has 3 nitrogen and oxygen atoms in total. The third-order valence-electron chi connectivity index (χ3n) is 4.39. The summed E-state index contributed by atoms with van der Waals surface area (Å²) in [4.78, 5) is 12.2. The van der Waals surface area contributed by atoms with E-state index in [1.54, 1.807) is 0 Å². The van der Waals surface area contributed by atoms with Gasteiger partial charge in [-0.25, -0.2) is 0 Å². The van der Waals surface area contributed by atoms with Gasteiger partial charge >= 0.3 is 0 Å². The van der Waals surface area contributed by atoms with Crippen molar-refractivity contribution in [2.45, 2.75) is 71.4 Å². The first-order chi connectivity index (χ1) is 10.3. The molecule has 0 bridgehead atoms. The van der Waals surface area contributed by atoms with Gasteiger partial charge in [0.1, 0.15) is 0 Å². The van der Waals surface area contributed by atoms with Crippen LogP contribution >= 0.6 is 0 Å². The van der Waals surface area contributed by atoms with Crippen molar-refractivity contribution in [2.75, 3.05) is 0 Å². The lowest BCUT2D eigenvalue weighted by atomic mass is 9.81.